The Balaban J connectivity index is 2.06. The number of ether oxygens (including phenoxy) is 4. The molecule has 25 heavy (non-hydrogen) atoms. The van der Waals surface area contributed by atoms with Crippen LogP contribution < -0.4 is 18.9 Å². The number of benzene rings is 2. The molecule has 2 rings (SSSR count). The molecule has 0 saturated heterocycles. The van der Waals surface area contributed by atoms with Crippen LogP contribution in [0.15, 0.2) is 36.4 Å². The number of rotatable bonds is 7. The first kappa shape index (κ1) is 18.1. The zero-order valence-electron chi connectivity index (χ0n) is 14.4. The van der Waals surface area contributed by atoms with Crippen molar-refractivity contribution in [1.29, 1.82) is 5.26 Å². The molecule has 0 heterocycles. The first-order chi connectivity index (χ1) is 12.1. The lowest BCUT2D eigenvalue weighted by atomic mass is 10.1. The number of nitriles is 1. The minimum absolute atomic E-state index is 0.159. The van der Waals surface area contributed by atoms with E-state index in [1.165, 1.54) is 13.2 Å². The molecule has 130 valence electrons. The summed E-state index contributed by atoms with van der Waals surface area (Å²) in [7, 11) is 4.57. The standard InChI is InChI=1S/C19H19NO5/c1-22-16-6-4-5-14(19(16)24-3)8-10-18(21)25-15-9-7-13(12-20)11-17(15)23-2/h4-7,9,11H,8,10H2,1-3H3. The van der Waals surface area contributed by atoms with Crippen LogP contribution in [0.5, 0.6) is 23.0 Å². The zero-order valence-corrected chi connectivity index (χ0v) is 14.4. The molecule has 0 aliphatic rings. The number of carbonyl (C=O) groups excluding carboxylic acids is 1. The van der Waals surface area contributed by atoms with Crippen molar-refractivity contribution in [2.24, 2.45) is 0 Å². The lowest BCUT2D eigenvalue weighted by molar-refractivity contribution is -0.134. The highest BCUT2D eigenvalue weighted by Crippen LogP contribution is 2.32. The predicted octanol–water partition coefficient (Wildman–Crippen LogP) is 3.12. The van der Waals surface area contributed by atoms with E-state index in [-0.39, 0.29) is 12.2 Å². The van der Waals surface area contributed by atoms with Crippen molar-refractivity contribution in [3.63, 3.8) is 0 Å². The number of hydrogen-bond acceptors (Lipinski definition) is 6. The lowest BCUT2D eigenvalue weighted by Crippen LogP contribution is -2.10. The van der Waals surface area contributed by atoms with Gasteiger partial charge in [0.1, 0.15) is 0 Å². The van der Waals surface area contributed by atoms with E-state index in [4.69, 9.17) is 24.2 Å². The van der Waals surface area contributed by atoms with Crippen molar-refractivity contribution in [2.75, 3.05) is 21.3 Å². The summed E-state index contributed by atoms with van der Waals surface area (Å²) in [5.74, 6) is 1.43. The van der Waals surface area contributed by atoms with Crippen LogP contribution in [0.3, 0.4) is 0 Å². The molecular formula is C19H19NO5. The third kappa shape index (κ3) is 4.42. The van der Waals surface area contributed by atoms with Gasteiger partial charge < -0.3 is 18.9 Å². The molecule has 0 fully saturated rings. The number of carbonyl (C=O) groups is 1. The van der Waals surface area contributed by atoms with E-state index in [9.17, 15) is 4.79 Å². The highest BCUT2D eigenvalue weighted by atomic mass is 16.6. The summed E-state index contributed by atoms with van der Waals surface area (Å²) < 4.78 is 21.1. The van der Waals surface area contributed by atoms with Crippen LogP contribution in [0.1, 0.15) is 17.5 Å². The van der Waals surface area contributed by atoms with E-state index in [0.717, 1.165) is 5.56 Å². The SMILES string of the molecule is COc1cc(C#N)ccc1OC(=O)CCc1cccc(OC)c1OC. The van der Waals surface area contributed by atoms with Crippen LogP contribution >= 0.6 is 0 Å². The normalized spacial score (nSPS) is 9.84. The van der Waals surface area contributed by atoms with Gasteiger partial charge in [0.05, 0.1) is 39.4 Å². The van der Waals surface area contributed by atoms with Crippen molar-refractivity contribution in [3.8, 4) is 29.1 Å². The van der Waals surface area contributed by atoms with Crippen molar-refractivity contribution in [1.82, 2.24) is 0 Å². The highest BCUT2D eigenvalue weighted by molar-refractivity contribution is 5.74. The van der Waals surface area contributed by atoms with Gasteiger partial charge in [-0.3, -0.25) is 4.79 Å². The second-order valence-electron chi connectivity index (χ2n) is 5.10. The minimum atomic E-state index is -0.409. The molecule has 6 nitrogen and oxygen atoms in total. The molecule has 0 N–H and O–H groups in total. The first-order valence-corrected chi connectivity index (χ1v) is 7.61. The summed E-state index contributed by atoms with van der Waals surface area (Å²) in [6.07, 6.45) is 0.602. The average Bonchev–Trinajstić information content (AvgIpc) is 2.66. The Morgan fingerprint density at radius 3 is 2.40 bits per heavy atom. The summed E-state index contributed by atoms with van der Waals surface area (Å²) in [4.78, 5) is 12.1. The fourth-order valence-electron chi connectivity index (χ4n) is 2.38. The van der Waals surface area contributed by atoms with E-state index >= 15 is 0 Å². The van der Waals surface area contributed by atoms with E-state index < -0.39 is 5.97 Å². The molecule has 2 aromatic rings. The molecule has 0 amide bonds. The molecule has 6 heteroatoms. The van der Waals surface area contributed by atoms with Crippen molar-refractivity contribution < 1.29 is 23.7 Å². The molecule has 0 aliphatic carbocycles. The maximum absolute atomic E-state index is 12.1. The van der Waals surface area contributed by atoms with Gasteiger partial charge in [-0.2, -0.15) is 5.26 Å². The van der Waals surface area contributed by atoms with Gasteiger partial charge in [0.25, 0.3) is 0 Å². The Kier molecular flexibility index (Phi) is 6.24. The highest BCUT2D eigenvalue weighted by Gasteiger charge is 2.14. The first-order valence-electron chi connectivity index (χ1n) is 7.61. The molecule has 0 spiro atoms. The number of aryl methyl sites for hydroxylation is 1. The second-order valence-corrected chi connectivity index (χ2v) is 5.10. The van der Waals surface area contributed by atoms with Crippen LogP contribution in [-0.2, 0) is 11.2 Å². The van der Waals surface area contributed by atoms with E-state index in [0.29, 0.717) is 29.2 Å². The zero-order chi connectivity index (χ0) is 18.2. The molecule has 0 aliphatic heterocycles. The minimum Gasteiger partial charge on any atom is -0.493 e. The molecule has 0 aromatic heterocycles. The van der Waals surface area contributed by atoms with Gasteiger partial charge in [-0.1, -0.05) is 12.1 Å². The number of esters is 1. The molecule has 2 aromatic carbocycles. The van der Waals surface area contributed by atoms with Crippen LogP contribution in [0.2, 0.25) is 0 Å². The molecular weight excluding hydrogens is 322 g/mol. The van der Waals surface area contributed by atoms with Gasteiger partial charge in [0, 0.05) is 6.07 Å². The Morgan fingerprint density at radius 2 is 1.76 bits per heavy atom. The van der Waals surface area contributed by atoms with Crippen LogP contribution in [-0.4, -0.2) is 27.3 Å². The smallest absolute Gasteiger partial charge is 0.311 e. The van der Waals surface area contributed by atoms with Gasteiger partial charge in [-0.05, 0) is 30.2 Å². The van der Waals surface area contributed by atoms with E-state index in [1.54, 1.807) is 32.4 Å². The van der Waals surface area contributed by atoms with E-state index in [1.807, 2.05) is 18.2 Å². The van der Waals surface area contributed by atoms with Gasteiger partial charge in [-0.15, -0.1) is 0 Å². The average molecular weight is 341 g/mol. The quantitative estimate of drug-likeness (QED) is 0.569. The molecule has 0 unspecified atom stereocenters. The Morgan fingerprint density at radius 1 is 1.00 bits per heavy atom. The third-order valence-electron chi connectivity index (χ3n) is 3.60. The van der Waals surface area contributed by atoms with Crippen molar-refractivity contribution in [2.45, 2.75) is 12.8 Å². The fraction of sp³-hybridized carbons (Fsp3) is 0.263. The van der Waals surface area contributed by atoms with Crippen molar-refractivity contribution >= 4 is 5.97 Å². The Bertz CT molecular complexity index is 795. The largest absolute Gasteiger partial charge is 0.493 e. The third-order valence-corrected chi connectivity index (χ3v) is 3.60. The maximum Gasteiger partial charge on any atom is 0.311 e. The molecule has 0 radical (unpaired) electrons. The summed E-state index contributed by atoms with van der Waals surface area (Å²) in [5.41, 5.74) is 1.28. The Hall–Kier alpha value is -3.20. The van der Waals surface area contributed by atoms with Crippen molar-refractivity contribution in [3.05, 3.63) is 47.5 Å². The molecule has 0 atom stereocenters. The number of hydrogen-bond donors (Lipinski definition) is 0. The van der Waals surface area contributed by atoms with Crippen LogP contribution in [0.4, 0.5) is 0 Å². The monoisotopic (exact) mass is 341 g/mol. The summed E-state index contributed by atoms with van der Waals surface area (Å²) in [6, 6.07) is 12.1. The summed E-state index contributed by atoms with van der Waals surface area (Å²) >= 11 is 0. The predicted molar refractivity (Wildman–Crippen MR) is 91.2 cm³/mol. The maximum atomic E-state index is 12.1. The number of para-hydroxylation sites is 1. The Labute approximate surface area is 146 Å². The summed E-state index contributed by atoms with van der Waals surface area (Å²) in [6.45, 7) is 0. The van der Waals surface area contributed by atoms with Crippen LogP contribution in [0, 0.1) is 11.3 Å². The second kappa shape index (κ2) is 8.60. The van der Waals surface area contributed by atoms with Gasteiger partial charge in [-0.25, -0.2) is 0 Å². The summed E-state index contributed by atoms with van der Waals surface area (Å²) in [5, 5.41) is 8.90. The molecule has 0 bridgehead atoms. The van der Waals surface area contributed by atoms with Crippen LogP contribution in [0.25, 0.3) is 0 Å². The van der Waals surface area contributed by atoms with Gasteiger partial charge in [0.15, 0.2) is 23.0 Å². The van der Waals surface area contributed by atoms with E-state index in [2.05, 4.69) is 0 Å². The topological polar surface area (TPSA) is 77.8 Å². The molecule has 0 saturated carbocycles. The fourth-order valence-corrected chi connectivity index (χ4v) is 2.38. The van der Waals surface area contributed by atoms with Gasteiger partial charge in [0.2, 0.25) is 0 Å². The lowest BCUT2D eigenvalue weighted by Gasteiger charge is -2.13. The number of methoxy groups -OCH3 is 3. The van der Waals surface area contributed by atoms with Gasteiger partial charge >= 0.3 is 5.97 Å². The number of nitrogens with zero attached hydrogens (tertiary/aromatic N) is 1.